The first-order chi connectivity index (χ1) is 16.9. The number of carbonyl (C=O) groups is 2. The second kappa shape index (κ2) is 6.32. The number of hydrogen-bond donors (Lipinski definition) is 0. The van der Waals surface area contributed by atoms with Crippen molar-refractivity contribution in [2.75, 3.05) is 19.6 Å². The van der Waals surface area contributed by atoms with Crippen molar-refractivity contribution in [3.8, 4) is 11.1 Å². The zero-order chi connectivity index (χ0) is 23.7. The fourth-order valence-corrected chi connectivity index (χ4v) is 6.57. The van der Waals surface area contributed by atoms with Crippen LogP contribution in [0.2, 0.25) is 5.02 Å². The van der Waals surface area contributed by atoms with E-state index in [1.54, 1.807) is 0 Å². The molecule has 0 unspecified atom stereocenters. The van der Waals surface area contributed by atoms with Crippen LogP contribution in [0.1, 0.15) is 36.8 Å². The van der Waals surface area contributed by atoms with Crippen LogP contribution in [0.15, 0.2) is 41.5 Å². The molecule has 5 heterocycles. The summed E-state index contributed by atoms with van der Waals surface area (Å²) in [5, 5.41) is 6.00. The van der Waals surface area contributed by atoms with E-state index in [-0.39, 0.29) is 17.7 Å². The van der Waals surface area contributed by atoms with Gasteiger partial charge in [0.15, 0.2) is 0 Å². The van der Waals surface area contributed by atoms with Gasteiger partial charge >= 0.3 is 0 Å². The molecule has 2 aliphatic carbocycles. The van der Waals surface area contributed by atoms with Crippen molar-refractivity contribution in [1.29, 1.82) is 0 Å². The molecular weight excluding hydrogens is 462 g/mol. The molecule has 8 heteroatoms. The molecule has 2 spiro atoms. The largest absolute Gasteiger partial charge is 0.341 e. The Hall–Kier alpha value is -3.19. The number of amidine groups is 1. The van der Waals surface area contributed by atoms with Crippen LogP contribution in [0.25, 0.3) is 22.0 Å². The van der Waals surface area contributed by atoms with Crippen LogP contribution < -0.4 is 0 Å². The Morgan fingerprint density at radius 1 is 0.971 bits per heavy atom. The third-order valence-electron chi connectivity index (χ3n) is 8.71. The molecule has 7 nitrogen and oxygen atoms in total. The monoisotopic (exact) mass is 485 g/mol. The minimum Gasteiger partial charge on any atom is -0.341 e. The maximum absolute atomic E-state index is 13.8. The molecule has 176 valence electrons. The number of aromatic nitrogens is 2. The molecule has 9 rings (SSSR count). The molecule has 0 N–H and O–H groups in total. The zero-order valence-corrected chi connectivity index (χ0v) is 20.2. The third-order valence-corrected chi connectivity index (χ3v) is 9.02. The Bertz CT molecular complexity index is 1520. The summed E-state index contributed by atoms with van der Waals surface area (Å²) >= 11 is 6.96. The van der Waals surface area contributed by atoms with Gasteiger partial charge < -0.3 is 4.90 Å². The van der Waals surface area contributed by atoms with Crippen molar-refractivity contribution in [2.24, 2.45) is 18.0 Å². The highest BCUT2D eigenvalue weighted by atomic mass is 35.5. The minimum absolute atomic E-state index is 0.0985. The summed E-state index contributed by atoms with van der Waals surface area (Å²) in [5.41, 5.74) is 3.72. The Morgan fingerprint density at radius 2 is 1.77 bits per heavy atom. The Morgan fingerprint density at radius 3 is 2.51 bits per heavy atom. The van der Waals surface area contributed by atoms with Gasteiger partial charge in [0.1, 0.15) is 11.4 Å². The van der Waals surface area contributed by atoms with Gasteiger partial charge in [0, 0.05) is 43.5 Å². The van der Waals surface area contributed by atoms with Crippen LogP contribution in [0.3, 0.4) is 0 Å². The van der Waals surface area contributed by atoms with Crippen LogP contribution in [-0.2, 0) is 22.1 Å². The van der Waals surface area contributed by atoms with E-state index in [2.05, 4.69) is 29.4 Å². The van der Waals surface area contributed by atoms with Crippen LogP contribution in [-0.4, -0.2) is 62.4 Å². The maximum atomic E-state index is 13.8. The molecule has 0 radical (unpaired) electrons. The highest BCUT2D eigenvalue weighted by Gasteiger charge is 2.60. The van der Waals surface area contributed by atoms with Gasteiger partial charge in [-0.3, -0.25) is 24.2 Å². The Labute approximate surface area is 207 Å². The summed E-state index contributed by atoms with van der Waals surface area (Å²) in [5.74, 6) is 1.28. The number of fused-ring (bicyclic) bond motifs is 1. The van der Waals surface area contributed by atoms with Crippen molar-refractivity contribution in [2.45, 2.75) is 36.6 Å². The summed E-state index contributed by atoms with van der Waals surface area (Å²) < 4.78 is 1.86. The summed E-state index contributed by atoms with van der Waals surface area (Å²) in [7, 11) is 1.93. The molecule has 4 aliphatic heterocycles. The molecule has 2 saturated carbocycles. The third kappa shape index (κ3) is 2.57. The molecule has 2 aromatic carbocycles. The Balaban J connectivity index is 1.37. The van der Waals surface area contributed by atoms with E-state index < -0.39 is 11.0 Å². The van der Waals surface area contributed by atoms with E-state index in [1.165, 1.54) is 0 Å². The van der Waals surface area contributed by atoms with E-state index in [1.807, 2.05) is 33.8 Å². The standard InChI is InChI=1S/C27H24ClN5O2/c1-31-22-3-2-16(8-17(22)11-29-31)18-10-21(28)19-9-20(18)26(4-5-26)24(34)32-12-15(13-32)14-33-23(19)30-27(6-7-27)25(33)35/h2-3,8-11,15H,4-7,12-14H2,1H3. The molecule has 2 amide bonds. The molecule has 1 saturated heterocycles. The van der Waals surface area contributed by atoms with E-state index in [0.29, 0.717) is 30.5 Å². The molecule has 35 heavy (non-hydrogen) atoms. The number of aliphatic imine (C=N–C) groups is 1. The Kier molecular flexibility index (Phi) is 3.62. The topological polar surface area (TPSA) is 70.8 Å². The van der Waals surface area contributed by atoms with Crippen molar-refractivity contribution < 1.29 is 9.59 Å². The predicted octanol–water partition coefficient (Wildman–Crippen LogP) is 3.52. The molecular formula is C27H24ClN5O2. The second-order valence-electron chi connectivity index (χ2n) is 11.0. The average Bonchev–Trinajstić information content (AvgIpc) is 3.73. The number of halogens is 1. The fraction of sp³-hybridized carbons (Fsp3) is 0.407. The maximum Gasteiger partial charge on any atom is 0.256 e. The van der Waals surface area contributed by atoms with Gasteiger partial charge in [-0.05, 0) is 66.6 Å². The lowest BCUT2D eigenvalue weighted by molar-refractivity contribution is -0.141. The van der Waals surface area contributed by atoms with Gasteiger partial charge in [0.05, 0.1) is 22.2 Å². The first-order valence-electron chi connectivity index (χ1n) is 12.4. The number of hydrogen-bond acceptors (Lipinski definition) is 4. The highest BCUT2D eigenvalue weighted by molar-refractivity contribution is 6.35. The van der Waals surface area contributed by atoms with E-state index in [9.17, 15) is 9.59 Å². The van der Waals surface area contributed by atoms with Gasteiger partial charge in [-0.15, -0.1) is 0 Å². The smallest absolute Gasteiger partial charge is 0.256 e. The molecule has 3 aromatic rings. The van der Waals surface area contributed by atoms with Crippen LogP contribution in [0, 0.1) is 5.92 Å². The first-order valence-corrected chi connectivity index (χ1v) is 12.7. The van der Waals surface area contributed by atoms with Crippen LogP contribution in [0.4, 0.5) is 0 Å². The number of nitrogens with zero attached hydrogens (tertiary/aromatic N) is 5. The van der Waals surface area contributed by atoms with E-state index in [4.69, 9.17) is 16.6 Å². The number of amides is 2. The van der Waals surface area contributed by atoms with Crippen molar-refractivity contribution in [3.63, 3.8) is 0 Å². The second-order valence-corrected chi connectivity index (χ2v) is 11.4. The number of rotatable bonds is 1. The summed E-state index contributed by atoms with van der Waals surface area (Å²) in [6.45, 7) is 2.00. The molecule has 0 atom stereocenters. The number of carbonyl (C=O) groups excluding carboxylic acids is 2. The quantitative estimate of drug-likeness (QED) is 0.529. The summed E-state index contributed by atoms with van der Waals surface area (Å²) in [6.07, 6.45) is 5.13. The first kappa shape index (κ1) is 20.0. The zero-order valence-electron chi connectivity index (χ0n) is 19.4. The van der Waals surface area contributed by atoms with Gasteiger partial charge in [-0.1, -0.05) is 17.7 Å². The van der Waals surface area contributed by atoms with Gasteiger partial charge in [-0.2, -0.15) is 5.10 Å². The van der Waals surface area contributed by atoms with Gasteiger partial charge in [0.25, 0.3) is 5.91 Å². The van der Waals surface area contributed by atoms with Gasteiger partial charge in [0.2, 0.25) is 5.91 Å². The number of benzene rings is 2. The molecule has 4 bridgehead atoms. The van der Waals surface area contributed by atoms with Crippen molar-refractivity contribution in [3.05, 3.63) is 52.7 Å². The predicted molar refractivity (Wildman–Crippen MR) is 132 cm³/mol. The minimum atomic E-state index is -0.580. The highest BCUT2D eigenvalue weighted by Crippen LogP contribution is 2.55. The van der Waals surface area contributed by atoms with Crippen LogP contribution >= 0.6 is 11.6 Å². The van der Waals surface area contributed by atoms with Crippen molar-refractivity contribution >= 4 is 40.2 Å². The molecule has 1 aromatic heterocycles. The molecule has 6 aliphatic rings. The lowest BCUT2D eigenvalue weighted by atomic mass is 9.84. The molecule has 3 fully saturated rings. The number of aryl methyl sites for hydroxylation is 1. The van der Waals surface area contributed by atoms with Crippen molar-refractivity contribution in [1.82, 2.24) is 19.6 Å². The fourth-order valence-electron chi connectivity index (χ4n) is 6.32. The lowest BCUT2D eigenvalue weighted by Gasteiger charge is -2.42. The normalized spacial score (nSPS) is 23.4. The average molecular weight is 486 g/mol. The SMILES string of the molecule is Cn1ncc2cc(-c3cc(Cl)c4cc3C3(CC3)C(=O)N3CC(C3)CN3C(=O)C5(CC5)N=C43)ccc21. The van der Waals surface area contributed by atoms with Crippen LogP contribution in [0.5, 0.6) is 0 Å². The lowest BCUT2D eigenvalue weighted by Crippen LogP contribution is -2.57. The summed E-state index contributed by atoms with van der Waals surface area (Å²) in [4.78, 5) is 35.9. The van der Waals surface area contributed by atoms with Gasteiger partial charge in [-0.25, -0.2) is 0 Å². The van der Waals surface area contributed by atoms with E-state index in [0.717, 1.165) is 58.8 Å². The summed E-state index contributed by atoms with van der Waals surface area (Å²) in [6, 6.07) is 10.3. The van der Waals surface area contributed by atoms with E-state index >= 15 is 0 Å².